The van der Waals surface area contributed by atoms with Crippen molar-refractivity contribution in [2.45, 2.75) is 26.2 Å². The highest BCUT2D eigenvalue weighted by Crippen LogP contribution is 2.26. The van der Waals surface area contributed by atoms with Crippen molar-refractivity contribution in [3.8, 4) is 0 Å². The fourth-order valence-electron chi connectivity index (χ4n) is 2.01. The maximum absolute atomic E-state index is 9.75. The molecule has 2 heterocycles. The van der Waals surface area contributed by atoms with E-state index in [1.54, 1.807) is 0 Å². The van der Waals surface area contributed by atoms with E-state index in [-0.39, 0.29) is 0 Å². The second kappa shape index (κ2) is 6.74. The number of unbranched alkanes of at least 4 members (excludes halogenated alkanes) is 1. The number of benzene rings is 1. The first kappa shape index (κ1) is 16.2. The highest BCUT2D eigenvalue weighted by Gasteiger charge is 2.21. The summed E-state index contributed by atoms with van der Waals surface area (Å²) in [6, 6.07) is 8.68. The molecular weight excluding hydrogens is 321 g/mol. The number of rotatable bonds is 3. The predicted molar refractivity (Wildman–Crippen MR) is 81.7 cm³/mol. The van der Waals surface area contributed by atoms with Crippen molar-refractivity contribution in [3.63, 3.8) is 0 Å². The molecule has 2 aromatic heterocycles. The highest BCUT2D eigenvalue weighted by molar-refractivity contribution is 7.37. The average Bonchev–Trinajstić information content (AvgIpc) is 2.93. The van der Waals surface area contributed by atoms with Crippen LogP contribution in [0, 0.1) is 0 Å². The summed E-state index contributed by atoms with van der Waals surface area (Å²) in [5.41, 5.74) is 2.84. The van der Waals surface area contributed by atoms with Crippen LogP contribution < -0.4 is 4.40 Å². The maximum Gasteiger partial charge on any atom is 0.673 e. The van der Waals surface area contributed by atoms with Crippen LogP contribution in [0.4, 0.5) is 17.3 Å². The first-order valence-corrected chi connectivity index (χ1v) is 8.26. The SMILES string of the molecule is CCCCc1csc2sc3ccccc3[n+]12.F[B-](F)(F)F. The summed E-state index contributed by atoms with van der Waals surface area (Å²) in [6.45, 7) is 2.25. The van der Waals surface area contributed by atoms with E-state index in [2.05, 4.69) is 41.0 Å². The lowest BCUT2D eigenvalue weighted by atomic mass is 10.2. The number of fused-ring (bicyclic) bond motifs is 3. The highest BCUT2D eigenvalue weighted by atomic mass is 32.2. The number of halogens is 4. The zero-order valence-corrected chi connectivity index (χ0v) is 13.0. The molecular formula is C13H14BF4NS2. The van der Waals surface area contributed by atoms with Gasteiger partial charge >= 0.3 is 11.4 Å². The molecule has 0 saturated carbocycles. The van der Waals surface area contributed by atoms with Gasteiger partial charge in [-0.05, 0) is 12.5 Å². The molecule has 0 unspecified atom stereocenters. The summed E-state index contributed by atoms with van der Waals surface area (Å²) >= 11 is 3.77. The molecule has 0 atom stereocenters. The molecule has 0 aliphatic rings. The third kappa shape index (κ3) is 4.41. The van der Waals surface area contributed by atoms with Gasteiger partial charge in [0.1, 0.15) is 4.70 Å². The molecule has 0 radical (unpaired) electrons. The van der Waals surface area contributed by atoms with Gasteiger partial charge in [-0.1, -0.05) is 48.2 Å². The quantitative estimate of drug-likeness (QED) is 0.345. The van der Waals surface area contributed by atoms with E-state index in [0.717, 1.165) is 0 Å². The van der Waals surface area contributed by atoms with Gasteiger partial charge in [0.2, 0.25) is 5.52 Å². The lowest BCUT2D eigenvalue weighted by molar-refractivity contribution is -0.483. The van der Waals surface area contributed by atoms with Crippen molar-refractivity contribution in [2.24, 2.45) is 0 Å². The van der Waals surface area contributed by atoms with Crippen molar-refractivity contribution < 1.29 is 21.7 Å². The third-order valence-electron chi connectivity index (χ3n) is 2.86. The molecule has 0 amide bonds. The Morgan fingerprint density at radius 3 is 2.48 bits per heavy atom. The minimum atomic E-state index is -6.00. The Morgan fingerprint density at radius 1 is 1.14 bits per heavy atom. The molecule has 0 spiro atoms. The van der Waals surface area contributed by atoms with Gasteiger partial charge in [-0.3, -0.25) is 0 Å². The zero-order valence-electron chi connectivity index (χ0n) is 11.4. The molecule has 1 nitrogen and oxygen atoms in total. The van der Waals surface area contributed by atoms with E-state index in [1.165, 1.54) is 39.3 Å². The van der Waals surface area contributed by atoms with Crippen LogP contribution >= 0.6 is 22.7 Å². The molecule has 3 aromatic rings. The maximum atomic E-state index is 9.75. The molecule has 21 heavy (non-hydrogen) atoms. The summed E-state index contributed by atoms with van der Waals surface area (Å²) in [5.74, 6) is 0. The van der Waals surface area contributed by atoms with Crippen LogP contribution in [0.5, 0.6) is 0 Å². The van der Waals surface area contributed by atoms with Crippen LogP contribution in [0.2, 0.25) is 0 Å². The smallest absolute Gasteiger partial charge is 0.418 e. The van der Waals surface area contributed by atoms with Gasteiger partial charge in [0.05, 0.1) is 5.38 Å². The van der Waals surface area contributed by atoms with Crippen LogP contribution in [0.1, 0.15) is 25.5 Å². The normalized spacial score (nSPS) is 11.7. The minimum absolute atomic E-state index is 1.20. The van der Waals surface area contributed by atoms with E-state index in [0.29, 0.717) is 0 Å². The minimum Gasteiger partial charge on any atom is -0.418 e. The fraction of sp³-hybridized carbons (Fsp3) is 0.308. The largest absolute Gasteiger partial charge is 0.673 e. The topological polar surface area (TPSA) is 4.10 Å². The summed E-state index contributed by atoms with van der Waals surface area (Å²) < 4.78 is 44.2. The van der Waals surface area contributed by atoms with Crippen LogP contribution in [-0.4, -0.2) is 7.25 Å². The van der Waals surface area contributed by atoms with Crippen LogP contribution in [0.3, 0.4) is 0 Å². The van der Waals surface area contributed by atoms with Crippen LogP contribution in [-0.2, 0) is 6.42 Å². The Hall–Kier alpha value is -1.15. The van der Waals surface area contributed by atoms with Gasteiger partial charge in [-0.15, -0.1) is 4.40 Å². The number of aryl methyl sites for hydroxylation is 1. The van der Waals surface area contributed by atoms with Gasteiger partial charge in [-0.25, -0.2) is 0 Å². The number of nitrogens with zero attached hydrogens (tertiary/aromatic N) is 1. The molecule has 0 aliphatic heterocycles. The molecule has 1 aromatic carbocycles. The summed E-state index contributed by atoms with van der Waals surface area (Å²) in [5, 5.41) is 2.31. The molecule has 0 aliphatic carbocycles. The van der Waals surface area contributed by atoms with Crippen LogP contribution in [0.25, 0.3) is 14.4 Å². The Labute approximate surface area is 128 Å². The van der Waals surface area contributed by atoms with E-state index in [9.17, 15) is 17.3 Å². The number of thiazole rings is 2. The lowest BCUT2D eigenvalue weighted by Crippen LogP contribution is -2.21. The van der Waals surface area contributed by atoms with Gasteiger partial charge in [-0.2, -0.15) is 0 Å². The van der Waals surface area contributed by atoms with Crippen molar-refractivity contribution in [3.05, 3.63) is 35.3 Å². The second-order valence-corrected chi connectivity index (χ2v) is 6.64. The summed E-state index contributed by atoms with van der Waals surface area (Å²) in [6.07, 6.45) is 3.74. The summed E-state index contributed by atoms with van der Waals surface area (Å²) in [7, 11) is -6.00. The molecule has 3 rings (SSSR count). The van der Waals surface area contributed by atoms with E-state index in [4.69, 9.17) is 0 Å². The van der Waals surface area contributed by atoms with Gasteiger partial charge < -0.3 is 17.3 Å². The second-order valence-electron chi connectivity index (χ2n) is 4.50. The Kier molecular flexibility index (Phi) is 5.21. The molecule has 0 saturated heterocycles. The average molecular weight is 335 g/mol. The molecule has 0 fully saturated rings. The van der Waals surface area contributed by atoms with Gasteiger partial charge in [0.25, 0.3) is 0 Å². The lowest BCUT2D eigenvalue weighted by Gasteiger charge is -1.94. The molecule has 0 bridgehead atoms. The predicted octanol–water partition coefficient (Wildman–Crippen LogP) is 5.34. The zero-order chi connectivity index (χ0) is 15.5. The van der Waals surface area contributed by atoms with E-state index < -0.39 is 7.25 Å². The van der Waals surface area contributed by atoms with Gasteiger partial charge in [0.15, 0.2) is 5.69 Å². The fourth-order valence-corrected chi connectivity index (χ4v) is 4.31. The number of para-hydroxylation sites is 1. The van der Waals surface area contributed by atoms with Crippen molar-refractivity contribution in [1.29, 1.82) is 0 Å². The number of hydrogen-bond acceptors (Lipinski definition) is 2. The standard InChI is InChI=1S/C13H14NS2.BF4/c1-2-3-6-10-9-15-13-14(10)11-7-4-5-8-12(11)16-13;2-1(3,4)5/h4-5,7-9H,2-3,6H2,1H3;/q+1;-1. The number of aromatic nitrogens is 1. The van der Waals surface area contributed by atoms with Crippen molar-refractivity contribution >= 4 is 44.3 Å². The Morgan fingerprint density at radius 2 is 1.81 bits per heavy atom. The van der Waals surface area contributed by atoms with Crippen molar-refractivity contribution in [2.75, 3.05) is 0 Å². The molecule has 114 valence electrons. The number of hydrogen-bond donors (Lipinski definition) is 0. The third-order valence-corrected chi connectivity index (χ3v) is 5.09. The first-order valence-electron chi connectivity index (χ1n) is 6.57. The molecule has 0 N–H and O–H groups in total. The van der Waals surface area contributed by atoms with Crippen LogP contribution in [0.15, 0.2) is 29.6 Å². The Bertz CT molecular complexity index is 714. The first-order chi connectivity index (χ1) is 9.90. The monoisotopic (exact) mass is 335 g/mol. The van der Waals surface area contributed by atoms with E-state index >= 15 is 0 Å². The van der Waals surface area contributed by atoms with Crippen molar-refractivity contribution in [1.82, 2.24) is 0 Å². The van der Waals surface area contributed by atoms with Gasteiger partial charge in [0, 0.05) is 12.5 Å². The Balaban J connectivity index is 0.000000282. The molecule has 8 heteroatoms. The van der Waals surface area contributed by atoms with E-state index in [1.807, 2.05) is 22.7 Å². The summed E-state index contributed by atoms with van der Waals surface area (Å²) in [4.78, 5) is 0.